The van der Waals surface area contributed by atoms with E-state index in [1.165, 1.54) is 12.1 Å². The van der Waals surface area contributed by atoms with Crippen molar-refractivity contribution in [2.75, 3.05) is 0 Å². The van der Waals surface area contributed by atoms with E-state index >= 15 is 0 Å². The SMILES string of the molecule is Cc1cc(F)ccc1C1CC(Cn2ccn(C)c2=N)CC(C(=O)N[C@H](C)c2ccc(Cl)c(Cl)c2)N1. The summed E-state index contributed by atoms with van der Waals surface area (Å²) in [5.74, 6) is -0.234. The molecule has 0 spiro atoms. The quantitative estimate of drug-likeness (QED) is 0.428. The minimum absolute atomic E-state index is 0.108. The third-order valence-electron chi connectivity index (χ3n) is 6.80. The van der Waals surface area contributed by atoms with Crippen molar-refractivity contribution in [3.05, 3.63) is 87.0 Å². The molecule has 3 N–H and O–H groups in total. The second-order valence-corrected chi connectivity index (χ2v) is 10.2. The van der Waals surface area contributed by atoms with Crippen molar-refractivity contribution in [2.45, 2.75) is 51.4 Å². The number of aryl methyl sites for hydroxylation is 2. The maximum Gasteiger partial charge on any atom is 0.237 e. The van der Waals surface area contributed by atoms with E-state index in [4.69, 9.17) is 28.6 Å². The summed E-state index contributed by atoms with van der Waals surface area (Å²) in [5, 5.41) is 15.8. The van der Waals surface area contributed by atoms with Crippen LogP contribution in [0.1, 0.15) is 48.5 Å². The van der Waals surface area contributed by atoms with Crippen molar-refractivity contribution in [1.82, 2.24) is 19.8 Å². The molecule has 186 valence electrons. The summed E-state index contributed by atoms with van der Waals surface area (Å²) >= 11 is 12.2. The van der Waals surface area contributed by atoms with Gasteiger partial charge in [0.2, 0.25) is 11.5 Å². The minimum Gasteiger partial charge on any atom is -0.348 e. The molecule has 1 fully saturated rings. The van der Waals surface area contributed by atoms with Gasteiger partial charge in [0.25, 0.3) is 0 Å². The fourth-order valence-electron chi connectivity index (χ4n) is 4.85. The van der Waals surface area contributed by atoms with Crippen molar-refractivity contribution in [1.29, 1.82) is 5.41 Å². The normalized spacial score (nSPS) is 21.0. The van der Waals surface area contributed by atoms with Crippen LogP contribution in [-0.4, -0.2) is 21.1 Å². The van der Waals surface area contributed by atoms with Gasteiger partial charge in [0.05, 0.1) is 22.1 Å². The van der Waals surface area contributed by atoms with E-state index in [1.807, 2.05) is 43.9 Å². The monoisotopic (exact) mass is 517 g/mol. The Hall–Kier alpha value is -2.61. The molecule has 0 aliphatic carbocycles. The molecule has 1 saturated heterocycles. The standard InChI is InChI=1S/C26H30Cl2FN5O/c1-15-10-19(29)5-6-20(15)23-11-17(14-34-9-8-33(3)26(34)30)12-24(32-23)25(35)31-16(2)18-4-7-21(27)22(28)13-18/h4-10,13,16-17,23-24,30,32H,11-12,14H2,1-3H3,(H,31,35)/t16-,17?,23?,24?/m1/s1. The van der Waals surface area contributed by atoms with Gasteiger partial charge in [-0.25, -0.2) is 4.39 Å². The summed E-state index contributed by atoms with van der Waals surface area (Å²) in [4.78, 5) is 13.4. The van der Waals surface area contributed by atoms with Crippen LogP contribution in [0.5, 0.6) is 0 Å². The van der Waals surface area contributed by atoms with Gasteiger partial charge in [-0.05, 0) is 73.6 Å². The molecule has 35 heavy (non-hydrogen) atoms. The highest BCUT2D eigenvalue weighted by atomic mass is 35.5. The number of hydrogen-bond acceptors (Lipinski definition) is 3. The average Bonchev–Trinajstić information content (AvgIpc) is 3.12. The third kappa shape index (κ3) is 5.80. The highest BCUT2D eigenvalue weighted by molar-refractivity contribution is 6.42. The molecule has 0 bridgehead atoms. The second-order valence-electron chi connectivity index (χ2n) is 9.40. The lowest BCUT2D eigenvalue weighted by Crippen LogP contribution is -2.51. The molecular formula is C26H30Cl2FN5O. The van der Waals surface area contributed by atoms with E-state index in [0.717, 1.165) is 23.1 Å². The van der Waals surface area contributed by atoms with Gasteiger partial charge >= 0.3 is 0 Å². The first-order valence-corrected chi connectivity index (χ1v) is 12.4. The Labute approximate surface area is 214 Å². The molecule has 3 unspecified atom stereocenters. The highest BCUT2D eigenvalue weighted by Gasteiger charge is 2.34. The number of piperidine rings is 1. The van der Waals surface area contributed by atoms with E-state index < -0.39 is 6.04 Å². The van der Waals surface area contributed by atoms with Gasteiger partial charge in [-0.15, -0.1) is 0 Å². The van der Waals surface area contributed by atoms with Crippen LogP contribution in [0.4, 0.5) is 4.39 Å². The molecule has 3 aromatic rings. The summed E-state index contributed by atoms with van der Waals surface area (Å²) in [6, 6.07) is 9.31. The molecule has 0 radical (unpaired) electrons. The van der Waals surface area contributed by atoms with Gasteiger partial charge in [0.15, 0.2) is 0 Å². The number of nitrogens with one attached hydrogen (secondary N) is 3. The highest BCUT2D eigenvalue weighted by Crippen LogP contribution is 2.33. The van der Waals surface area contributed by atoms with Crippen LogP contribution in [0.15, 0.2) is 48.8 Å². The minimum atomic E-state index is -0.438. The lowest BCUT2D eigenvalue weighted by Gasteiger charge is -2.37. The van der Waals surface area contributed by atoms with Crippen LogP contribution < -0.4 is 16.3 Å². The van der Waals surface area contributed by atoms with E-state index in [9.17, 15) is 9.18 Å². The number of rotatable bonds is 6. The molecule has 6 nitrogen and oxygen atoms in total. The van der Waals surface area contributed by atoms with Gasteiger partial charge in [0.1, 0.15) is 5.82 Å². The Morgan fingerprint density at radius 3 is 2.63 bits per heavy atom. The van der Waals surface area contributed by atoms with Gasteiger partial charge in [-0.2, -0.15) is 0 Å². The van der Waals surface area contributed by atoms with Gasteiger partial charge < -0.3 is 14.5 Å². The molecule has 2 aromatic carbocycles. The number of aromatic nitrogens is 2. The van der Waals surface area contributed by atoms with Crippen LogP contribution in [-0.2, 0) is 18.4 Å². The smallest absolute Gasteiger partial charge is 0.237 e. The molecule has 4 atom stereocenters. The zero-order valence-corrected chi connectivity index (χ0v) is 21.5. The lowest BCUT2D eigenvalue weighted by atomic mass is 9.83. The predicted molar refractivity (Wildman–Crippen MR) is 136 cm³/mol. The average molecular weight is 518 g/mol. The van der Waals surface area contributed by atoms with Gasteiger partial charge in [-0.3, -0.25) is 15.5 Å². The molecule has 1 aliphatic heterocycles. The van der Waals surface area contributed by atoms with Crippen LogP contribution in [0, 0.1) is 24.1 Å². The molecule has 9 heteroatoms. The largest absolute Gasteiger partial charge is 0.348 e. The Morgan fingerprint density at radius 1 is 1.20 bits per heavy atom. The molecule has 4 rings (SSSR count). The fraction of sp³-hybridized carbons (Fsp3) is 0.385. The molecular weight excluding hydrogens is 488 g/mol. The first-order valence-electron chi connectivity index (χ1n) is 11.7. The Kier molecular flexibility index (Phi) is 7.69. The van der Waals surface area contributed by atoms with Crippen LogP contribution >= 0.6 is 23.2 Å². The second kappa shape index (κ2) is 10.6. The summed E-state index contributed by atoms with van der Waals surface area (Å²) in [6.07, 6.45) is 5.15. The molecule has 1 aromatic heterocycles. The molecule has 0 saturated carbocycles. The zero-order chi connectivity index (χ0) is 25.3. The van der Waals surface area contributed by atoms with Crippen LogP contribution in [0.3, 0.4) is 0 Å². The first-order chi connectivity index (χ1) is 16.6. The Bertz CT molecular complexity index is 1290. The first kappa shape index (κ1) is 25.5. The number of amides is 1. The number of carbonyl (C=O) groups excluding carboxylic acids is 1. The Balaban J connectivity index is 1.56. The van der Waals surface area contributed by atoms with Gasteiger partial charge in [-0.1, -0.05) is 35.3 Å². The van der Waals surface area contributed by atoms with E-state index in [2.05, 4.69) is 10.6 Å². The van der Waals surface area contributed by atoms with E-state index in [1.54, 1.807) is 22.8 Å². The van der Waals surface area contributed by atoms with Crippen molar-refractivity contribution in [2.24, 2.45) is 13.0 Å². The zero-order valence-electron chi connectivity index (χ0n) is 20.0. The summed E-state index contributed by atoms with van der Waals surface area (Å²) in [5.41, 5.74) is 3.10. The number of halogens is 3. The molecule has 2 heterocycles. The molecule has 1 aliphatic rings. The van der Waals surface area contributed by atoms with Crippen molar-refractivity contribution in [3.8, 4) is 0 Å². The van der Waals surface area contributed by atoms with Gasteiger partial charge in [0, 0.05) is 32.0 Å². The summed E-state index contributed by atoms with van der Waals surface area (Å²) in [6.45, 7) is 4.43. The fourth-order valence-corrected chi connectivity index (χ4v) is 5.16. The number of hydrogen-bond donors (Lipinski definition) is 3. The topological polar surface area (TPSA) is 74.8 Å². The van der Waals surface area contributed by atoms with Crippen LogP contribution in [0.25, 0.3) is 0 Å². The number of nitrogens with zero attached hydrogens (tertiary/aromatic N) is 2. The predicted octanol–water partition coefficient (Wildman–Crippen LogP) is 5.05. The summed E-state index contributed by atoms with van der Waals surface area (Å²) < 4.78 is 17.4. The number of benzene rings is 2. The van der Waals surface area contributed by atoms with Crippen molar-refractivity contribution < 1.29 is 9.18 Å². The van der Waals surface area contributed by atoms with Crippen molar-refractivity contribution in [3.63, 3.8) is 0 Å². The van der Waals surface area contributed by atoms with E-state index in [-0.39, 0.29) is 29.7 Å². The van der Waals surface area contributed by atoms with Crippen LogP contribution in [0.2, 0.25) is 10.0 Å². The maximum atomic E-state index is 13.8. The summed E-state index contributed by atoms with van der Waals surface area (Å²) in [7, 11) is 1.84. The van der Waals surface area contributed by atoms with Crippen molar-refractivity contribution >= 4 is 29.1 Å². The lowest BCUT2D eigenvalue weighted by molar-refractivity contribution is -0.125. The number of imidazole rings is 1. The maximum absolute atomic E-state index is 13.8. The molecule has 1 amide bonds. The number of carbonyl (C=O) groups is 1. The Morgan fingerprint density at radius 2 is 1.97 bits per heavy atom. The van der Waals surface area contributed by atoms with E-state index in [0.29, 0.717) is 28.6 Å². The third-order valence-corrected chi connectivity index (χ3v) is 7.54.